The number of hydrogen-bond donors (Lipinski definition) is 0. The zero-order chi connectivity index (χ0) is 18.6. The van der Waals surface area contributed by atoms with Crippen molar-refractivity contribution in [1.29, 1.82) is 0 Å². The largest absolute Gasteiger partial charge is 0.450 e. The average Bonchev–Trinajstić information content (AvgIpc) is 2.68. The van der Waals surface area contributed by atoms with Crippen LogP contribution in [0.5, 0.6) is 23.1 Å². The Hall–Kier alpha value is -4.07. The summed E-state index contributed by atoms with van der Waals surface area (Å²) in [5.41, 5.74) is 0.386. The van der Waals surface area contributed by atoms with Crippen molar-refractivity contribution in [2.24, 2.45) is 0 Å². The molecule has 0 bridgehead atoms. The molecule has 2 aromatic heterocycles. The minimum atomic E-state index is -0.473. The second-order valence-electron chi connectivity index (χ2n) is 5.46. The molecule has 0 fully saturated rings. The first kappa shape index (κ1) is 16.4. The molecule has 4 aromatic rings. The van der Waals surface area contributed by atoms with Gasteiger partial charge in [0.1, 0.15) is 11.5 Å². The number of hydrogen-bond acceptors (Lipinski definition) is 7. The van der Waals surface area contributed by atoms with Gasteiger partial charge in [-0.2, -0.15) is 0 Å². The van der Waals surface area contributed by atoms with Crippen LogP contribution in [0, 0.1) is 10.1 Å². The zero-order valence-electron chi connectivity index (χ0n) is 13.9. The molecule has 0 spiro atoms. The molecular formula is C19H12N4O4. The number of benzene rings is 2. The van der Waals surface area contributed by atoms with Crippen molar-refractivity contribution in [3.8, 4) is 23.1 Å². The van der Waals surface area contributed by atoms with Gasteiger partial charge in [0.05, 0.1) is 22.0 Å². The van der Waals surface area contributed by atoms with Gasteiger partial charge in [-0.25, -0.2) is 4.98 Å². The Morgan fingerprint density at radius 2 is 1.74 bits per heavy atom. The molecular weight excluding hydrogens is 348 g/mol. The minimum absolute atomic E-state index is 0.122. The van der Waals surface area contributed by atoms with Crippen molar-refractivity contribution in [1.82, 2.24) is 15.0 Å². The molecule has 0 atom stereocenters. The summed E-state index contributed by atoms with van der Waals surface area (Å²) in [4.78, 5) is 23.2. The SMILES string of the molecule is O=[N+]([O-])c1c(Oc2cccc(Oc3cnccn3)c2)ccc2ncccc12. The highest BCUT2D eigenvalue weighted by Gasteiger charge is 2.21. The van der Waals surface area contributed by atoms with Crippen LogP contribution in [0.15, 0.2) is 73.3 Å². The van der Waals surface area contributed by atoms with E-state index in [4.69, 9.17) is 9.47 Å². The predicted octanol–water partition coefficient (Wildman–Crippen LogP) is 4.52. The first-order valence-electron chi connectivity index (χ1n) is 7.94. The molecule has 132 valence electrons. The van der Waals surface area contributed by atoms with E-state index >= 15 is 0 Å². The van der Waals surface area contributed by atoms with E-state index in [0.29, 0.717) is 28.3 Å². The maximum Gasteiger partial charge on any atom is 0.320 e. The van der Waals surface area contributed by atoms with E-state index in [-0.39, 0.29) is 11.4 Å². The smallest absolute Gasteiger partial charge is 0.320 e. The molecule has 8 heteroatoms. The summed E-state index contributed by atoms with van der Waals surface area (Å²) in [6.45, 7) is 0. The van der Waals surface area contributed by atoms with Crippen LogP contribution >= 0.6 is 0 Å². The molecule has 0 saturated heterocycles. The normalized spacial score (nSPS) is 10.5. The van der Waals surface area contributed by atoms with E-state index in [1.807, 2.05) is 0 Å². The molecule has 0 aliphatic rings. The van der Waals surface area contributed by atoms with Gasteiger partial charge in [0.25, 0.3) is 0 Å². The number of rotatable bonds is 5. The Kier molecular flexibility index (Phi) is 4.28. The van der Waals surface area contributed by atoms with Crippen LogP contribution < -0.4 is 9.47 Å². The van der Waals surface area contributed by atoms with Crippen LogP contribution in [0.25, 0.3) is 10.9 Å². The standard InChI is InChI=1S/C19H12N4O4/c24-23(25)19-15-5-2-8-21-16(15)6-7-17(19)26-13-3-1-4-14(11-13)27-18-12-20-9-10-22-18/h1-12H. The Labute approximate surface area is 153 Å². The molecule has 4 rings (SSSR count). The van der Waals surface area contributed by atoms with Gasteiger partial charge < -0.3 is 9.47 Å². The molecule has 0 N–H and O–H groups in total. The van der Waals surface area contributed by atoms with E-state index < -0.39 is 4.92 Å². The first-order chi connectivity index (χ1) is 13.2. The third-order valence-corrected chi connectivity index (χ3v) is 3.70. The van der Waals surface area contributed by atoms with E-state index in [9.17, 15) is 10.1 Å². The van der Waals surface area contributed by atoms with Gasteiger partial charge in [-0.05, 0) is 36.4 Å². The highest BCUT2D eigenvalue weighted by atomic mass is 16.6. The van der Waals surface area contributed by atoms with Crippen LogP contribution in [0.3, 0.4) is 0 Å². The number of fused-ring (bicyclic) bond motifs is 1. The Morgan fingerprint density at radius 1 is 0.889 bits per heavy atom. The summed E-state index contributed by atoms with van der Waals surface area (Å²) in [6.07, 6.45) is 6.12. The van der Waals surface area contributed by atoms with Crippen LogP contribution in [0.1, 0.15) is 0 Å². The van der Waals surface area contributed by atoms with Gasteiger partial charge in [-0.15, -0.1) is 0 Å². The summed E-state index contributed by atoms with van der Waals surface area (Å²) in [5.74, 6) is 1.32. The van der Waals surface area contributed by atoms with Gasteiger partial charge >= 0.3 is 5.69 Å². The lowest BCUT2D eigenvalue weighted by Gasteiger charge is -2.10. The molecule has 0 aliphatic carbocycles. The van der Waals surface area contributed by atoms with Crippen molar-refractivity contribution in [3.05, 3.63) is 83.4 Å². The van der Waals surface area contributed by atoms with Gasteiger partial charge in [0.15, 0.2) is 0 Å². The quantitative estimate of drug-likeness (QED) is 0.381. The van der Waals surface area contributed by atoms with E-state index in [0.717, 1.165) is 0 Å². The van der Waals surface area contributed by atoms with Gasteiger partial charge in [-0.1, -0.05) is 6.07 Å². The summed E-state index contributed by atoms with van der Waals surface area (Å²) in [6, 6.07) is 13.2. The predicted molar refractivity (Wildman–Crippen MR) is 97.0 cm³/mol. The highest BCUT2D eigenvalue weighted by Crippen LogP contribution is 2.37. The molecule has 0 saturated carbocycles. The molecule has 2 heterocycles. The van der Waals surface area contributed by atoms with E-state index in [1.54, 1.807) is 54.9 Å². The molecule has 8 nitrogen and oxygen atoms in total. The maximum atomic E-state index is 11.6. The van der Waals surface area contributed by atoms with Gasteiger partial charge in [0, 0.05) is 24.7 Å². The second-order valence-corrected chi connectivity index (χ2v) is 5.46. The van der Waals surface area contributed by atoms with Crippen molar-refractivity contribution in [2.75, 3.05) is 0 Å². The molecule has 0 unspecified atom stereocenters. The number of nitro groups is 1. The molecule has 0 amide bonds. The maximum absolute atomic E-state index is 11.6. The van der Waals surface area contributed by atoms with E-state index in [2.05, 4.69) is 15.0 Å². The number of aromatic nitrogens is 3. The number of ether oxygens (including phenoxy) is 2. The van der Waals surface area contributed by atoms with Crippen LogP contribution in [-0.4, -0.2) is 19.9 Å². The van der Waals surface area contributed by atoms with Gasteiger partial charge in [0.2, 0.25) is 11.6 Å². The number of nitro benzene ring substituents is 1. The summed E-state index contributed by atoms with van der Waals surface area (Å²) in [7, 11) is 0. The third kappa shape index (κ3) is 3.49. The fourth-order valence-electron chi connectivity index (χ4n) is 2.57. The molecule has 27 heavy (non-hydrogen) atoms. The van der Waals surface area contributed by atoms with Crippen molar-refractivity contribution in [3.63, 3.8) is 0 Å². The summed E-state index contributed by atoms with van der Waals surface area (Å²) >= 11 is 0. The fraction of sp³-hybridized carbons (Fsp3) is 0. The van der Waals surface area contributed by atoms with Crippen LogP contribution in [0.2, 0.25) is 0 Å². The third-order valence-electron chi connectivity index (χ3n) is 3.70. The monoisotopic (exact) mass is 360 g/mol. The van der Waals surface area contributed by atoms with Crippen molar-refractivity contribution in [2.45, 2.75) is 0 Å². The topological polar surface area (TPSA) is 100 Å². The Morgan fingerprint density at radius 3 is 2.52 bits per heavy atom. The zero-order valence-corrected chi connectivity index (χ0v) is 13.9. The second kappa shape index (κ2) is 7.04. The Balaban J connectivity index is 1.67. The molecule has 0 radical (unpaired) electrons. The van der Waals surface area contributed by atoms with Crippen molar-refractivity contribution < 1.29 is 14.4 Å². The lowest BCUT2D eigenvalue weighted by atomic mass is 10.1. The first-order valence-corrected chi connectivity index (χ1v) is 7.94. The van der Waals surface area contributed by atoms with Crippen molar-refractivity contribution >= 4 is 16.6 Å². The van der Waals surface area contributed by atoms with E-state index in [1.165, 1.54) is 18.5 Å². The highest BCUT2D eigenvalue weighted by molar-refractivity contribution is 5.90. The molecule has 0 aliphatic heterocycles. The summed E-state index contributed by atoms with van der Waals surface area (Å²) < 4.78 is 11.4. The minimum Gasteiger partial charge on any atom is -0.450 e. The number of pyridine rings is 1. The van der Waals surface area contributed by atoms with Gasteiger partial charge in [-0.3, -0.25) is 20.1 Å². The Bertz CT molecular complexity index is 1120. The molecule has 2 aromatic carbocycles. The number of nitrogens with zero attached hydrogens (tertiary/aromatic N) is 4. The van der Waals surface area contributed by atoms with Crippen LogP contribution in [0.4, 0.5) is 5.69 Å². The van der Waals surface area contributed by atoms with Crippen LogP contribution in [-0.2, 0) is 0 Å². The lowest BCUT2D eigenvalue weighted by Crippen LogP contribution is -1.96. The summed E-state index contributed by atoms with van der Waals surface area (Å²) in [5, 5.41) is 12.0. The lowest BCUT2D eigenvalue weighted by molar-refractivity contribution is -0.383. The fourth-order valence-corrected chi connectivity index (χ4v) is 2.57. The average molecular weight is 360 g/mol.